The van der Waals surface area contributed by atoms with Gasteiger partial charge in [0.25, 0.3) is 0 Å². The normalized spacial score (nSPS) is 11.3. The fourth-order valence-electron chi connectivity index (χ4n) is 3.03. The lowest BCUT2D eigenvalue weighted by Crippen LogP contribution is -2.22. The van der Waals surface area contributed by atoms with Gasteiger partial charge in [0.15, 0.2) is 11.6 Å². The van der Waals surface area contributed by atoms with Crippen LogP contribution in [0, 0.1) is 19.8 Å². The van der Waals surface area contributed by atoms with Gasteiger partial charge in [-0.25, -0.2) is 19.3 Å². The van der Waals surface area contributed by atoms with Crippen LogP contribution < -0.4 is 5.76 Å². The molecule has 8 heteroatoms. The minimum Gasteiger partial charge on any atom is -0.348 e. The van der Waals surface area contributed by atoms with Crippen molar-refractivity contribution in [2.45, 2.75) is 47.2 Å². The summed E-state index contributed by atoms with van der Waals surface area (Å²) in [4.78, 5) is 33.1. The molecule has 3 aromatic rings. The number of rotatable bonds is 7. The second-order valence-electron chi connectivity index (χ2n) is 6.97. The lowest BCUT2D eigenvalue weighted by Gasteiger charge is -2.11. The molecule has 0 spiro atoms. The summed E-state index contributed by atoms with van der Waals surface area (Å²) in [5.74, 6) is 0.0660. The first-order valence-electron chi connectivity index (χ1n) is 8.92. The van der Waals surface area contributed by atoms with E-state index in [0.29, 0.717) is 11.5 Å². The number of aromatic nitrogens is 5. The molecular formula is C19H23N5O3. The third-order valence-electron chi connectivity index (χ3n) is 4.56. The summed E-state index contributed by atoms with van der Waals surface area (Å²) in [6, 6.07) is 3.53. The number of hydrogen-bond acceptors (Lipinski definition) is 6. The summed E-state index contributed by atoms with van der Waals surface area (Å²) >= 11 is 0. The van der Waals surface area contributed by atoms with E-state index < -0.39 is 5.76 Å². The van der Waals surface area contributed by atoms with Crippen molar-refractivity contribution >= 4 is 5.78 Å². The van der Waals surface area contributed by atoms with Crippen molar-refractivity contribution in [3.05, 3.63) is 52.0 Å². The molecule has 142 valence electrons. The van der Waals surface area contributed by atoms with Gasteiger partial charge in [-0.1, -0.05) is 19.0 Å². The largest absolute Gasteiger partial charge is 0.442 e. The van der Waals surface area contributed by atoms with Crippen LogP contribution in [0.3, 0.4) is 0 Å². The summed E-state index contributed by atoms with van der Waals surface area (Å²) in [7, 11) is 0. The number of aryl methyl sites for hydroxylation is 1. The summed E-state index contributed by atoms with van der Waals surface area (Å²) in [5.41, 5.74) is 2.53. The Morgan fingerprint density at radius 2 is 1.89 bits per heavy atom. The van der Waals surface area contributed by atoms with Gasteiger partial charge in [0, 0.05) is 35.9 Å². The summed E-state index contributed by atoms with van der Waals surface area (Å²) in [6.07, 6.45) is 4.11. The standard InChI is InChI=1S/C19H23N5O3/c1-12(2)6-9-23-13(3)10-15(14(23)4)16(25)11-24-18(22-27-19(24)26)17-20-7-5-8-21-17/h5,7-8,10,12H,6,9,11H2,1-4H3. The molecule has 3 heterocycles. The lowest BCUT2D eigenvalue weighted by atomic mass is 10.1. The minimum atomic E-state index is -0.709. The van der Waals surface area contributed by atoms with Crippen LogP contribution in [0.5, 0.6) is 0 Å². The Balaban J connectivity index is 1.88. The molecule has 27 heavy (non-hydrogen) atoms. The molecule has 3 aromatic heterocycles. The molecule has 0 aliphatic rings. The molecule has 0 fully saturated rings. The van der Waals surface area contributed by atoms with E-state index in [4.69, 9.17) is 4.52 Å². The van der Waals surface area contributed by atoms with Crippen molar-refractivity contribution in [1.82, 2.24) is 24.3 Å². The van der Waals surface area contributed by atoms with E-state index in [9.17, 15) is 9.59 Å². The Bertz CT molecular complexity index is 998. The Morgan fingerprint density at radius 3 is 2.56 bits per heavy atom. The molecule has 0 aliphatic heterocycles. The summed E-state index contributed by atoms with van der Waals surface area (Å²) < 4.78 is 8.04. The maximum absolute atomic E-state index is 12.9. The first kappa shape index (κ1) is 18.8. The molecule has 3 rings (SSSR count). The van der Waals surface area contributed by atoms with Crippen LogP contribution in [0.2, 0.25) is 0 Å². The zero-order valence-electron chi connectivity index (χ0n) is 16.0. The van der Waals surface area contributed by atoms with Crippen LogP contribution >= 0.6 is 0 Å². The third-order valence-corrected chi connectivity index (χ3v) is 4.56. The van der Waals surface area contributed by atoms with Crippen molar-refractivity contribution in [2.24, 2.45) is 5.92 Å². The highest BCUT2D eigenvalue weighted by atomic mass is 16.5. The number of ketones is 1. The third kappa shape index (κ3) is 3.89. The maximum atomic E-state index is 12.9. The van der Waals surface area contributed by atoms with Crippen molar-refractivity contribution in [3.8, 4) is 11.6 Å². The van der Waals surface area contributed by atoms with Crippen LogP contribution in [0.25, 0.3) is 11.6 Å². The lowest BCUT2D eigenvalue weighted by molar-refractivity contribution is 0.0969. The number of carbonyl (C=O) groups is 1. The van der Waals surface area contributed by atoms with E-state index in [0.717, 1.165) is 28.9 Å². The van der Waals surface area contributed by atoms with E-state index >= 15 is 0 Å². The van der Waals surface area contributed by atoms with Gasteiger partial charge >= 0.3 is 5.76 Å². The average Bonchev–Trinajstić information content (AvgIpc) is 3.14. The highest BCUT2D eigenvalue weighted by Gasteiger charge is 2.21. The zero-order valence-corrected chi connectivity index (χ0v) is 16.0. The number of Topliss-reactive ketones (excluding diaryl/α,β-unsaturated/α-hetero) is 1. The van der Waals surface area contributed by atoms with Crippen LogP contribution in [-0.4, -0.2) is 30.0 Å². The quantitative estimate of drug-likeness (QED) is 0.594. The molecule has 0 saturated heterocycles. The first-order chi connectivity index (χ1) is 12.9. The number of nitrogens with zero attached hydrogens (tertiary/aromatic N) is 5. The smallest absolute Gasteiger partial charge is 0.348 e. The van der Waals surface area contributed by atoms with E-state index in [2.05, 4.69) is 33.5 Å². The molecule has 0 bridgehead atoms. The molecule has 0 radical (unpaired) electrons. The Morgan fingerprint density at radius 1 is 1.19 bits per heavy atom. The van der Waals surface area contributed by atoms with Crippen LogP contribution in [0.15, 0.2) is 33.8 Å². The van der Waals surface area contributed by atoms with E-state index in [1.54, 1.807) is 6.07 Å². The average molecular weight is 369 g/mol. The van der Waals surface area contributed by atoms with Crippen LogP contribution in [-0.2, 0) is 13.1 Å². The van der Waals surface area contributed by atoms with Gasteiger partial charge in [0.05, 0.1) is 6.54 Å². The van der Waals surface area contributed by atoms with E-state index in [1.165, 1.54) is 12.4 Å². The molecule has 0 saturated carbocycles. The van der Waals surface area contributed by atoms with Crippen LogP contribution in [0.1, 0.15) is 42.0 Å². The fourth-order valence-corrected chi connectivity index (χ4v) is 3.03. The molecule has 0 N–H and O–H groups in total. The van der Waals surface area contributed by atoms with Crippen LogP contribution in [0.4, 0.5) is 0 Å². The minimum absolute atomic E-state index is 0.141. The summed E-state index contributed by atoms with van der Waals surface area (Å²) in [5, 5.41) is 3.72. The second kappa shape index (κ2) is 7.69. The second-order valence-corrected chi connectivity index (χ2v) is 6.97. The Hall–Kier alpha value is -3.03. The fraction of sp³-hybridized carbons (Fsp3) is 0.421. The van der Waals surface area contributed by atoms with Gasteiger partial charge in [-0.05, 0) is 38.3 Å². The SMILES string of the molecule is Cc1cc(C(=O)Cn2c(-c3ncccn3)noc2=O)c(C)n1CCC(C)C. The molecule has 0 unspecified atom stereocenters. The van der Waals surface area contributed by atoms with Gasteiger partial charge in [-0.2, -0.15) is 0 Å². The molecule has 0 aliphatic carbocycles. The first-order valence-corrected chi connectivity index (χ1v) is 8.92. The van der Waals surface area contributed by atoms with Gasteiger partial charge in [-0.3, -0.25) is 9.32 Å². The van der Waals surface area contributed by atoms with Crippen molar-refractivity contribution < 1.29 is 9.32 Å². The molecule has 0 atom stereocenters. The Labute approximate surface area is 156 Å². The predicted octanol–water partition coefficient (Wildman–Crippen LogP) is 2.64. The highest BCUT2D eigenvalue weighted by Crippen LogP contribution is 2.19. The zero-order chi connectivity index (χ0) is 19.6. The van der Waals surface area contributed by atoms with Crippen molar-refractivity contribution in [3.63, 3.8) is 0 Å². The number of hydrogen-bond donors (Lipinski definition) is 0. The van der Waals surface area contributed by atoms with Crippen molar-refractivity contribution in [1.29, 1.82) is 0 Å². The van der Waals surface area contributed by atoms with Gasteiger partial charge in [0.1, 0.15) is 0 Å². The molecular weight excluding hydrogens is 346 g/mol. The molecule has 0 aromatic carbocycles. The van der Waals surface area contributed by atoms with Gasteiger partial charge in [0.2, 0.25) is 5.82 Å². The van der Waals surface area contributed by atoms with Crippen molar-refractivity contribution in [2.75, 3.05) is 0 Å². The molecule has 8 nitrogen and oxygen atoms in total. The topological polar surface area (TPSA) is 95.8 Å². The number of carbonyl (C=O) groups excluding carboxylic acids is 1. The predicted molar refractivity (Wildman–Crippen MR) is 99.5 cm³/mol. The van der Waals surface area contributed by atoms with E-state index in [-0.39, 0.29) is 24.0 Å². The summed E-state index contributed by atoms with van der Waals surface area (Å²) in [6.45, 7) is 8.94. The highest BCUT2D eigenvalue weighted by molar-refractivity contribution is 5.97. The van der Waals surface area contributed by atoms with Gasteiger partial charge < -0.3 is 4.57 Å². The van der Waals surface area contributed by atoms with Gasteiger partial charge in [-0.15, -0.1) is 0 Å². The monoisotopic (exact) mass is 369 g/mol. The van der Waals surface area contributed by atoms with E-state index in [1.807, 2.05) is 19.9 Å². The maximum Gasteiger partial charge on any atom is 0.442 e. The molecule has 0 amide bonds. The Kier molecular flexibility index (Phi) is 5.34.